The van der Waals surface area contributed by atoms with Crippen molar-refractivity contribution in [1.29, 1.82) is 0 Å². The van der Waals surface area contributed by atoms with Crippen molar-refractivity contribution in [3.05, 3.63) is 72.8 Å². The molecule has 3 rings (SSSR count). The van der Waals surface area contributed by atoms with E-state index in [2.05, 4.69) is 88.0 Å². The Bertz CT molecular complexity index is 595. The van der Waals surface area contributed by atoms with Crippen molar-refractivity contribution < 1.29 is 0 Å². The van der Waals surface area contributed by atoms with Crippen molar-refractivity contribution in [2.75, 3.05) is 0 Å². The van der Waals surface area contributed by atoms with Crippen molar-refractivity contribution in [2.24, 2.45) is 0 Å². The summed E-state index contributed by atoms with van der Waals surface area (Å²) < 4.78 is 0. The van der Waals surface area contributed by atoms with Crippen LogP contribution in [0.5, 0.6) is 0 Å². The van der Waals surface area contributed by atoms with Crippen LogP contribution in [0.3, 0.4) is 0 Å². The Morgan fingerprint density at radius 1 is 0.857 bits per heavy atom. The first-order valence-corrected chi connectivity index (χ1v) is 9.84. The van der Waals surface area contributed by atoms with E-state index >= 15 is 0 Å². The zero-order chi connectivity index (χ0) is 15.1. The van der Waals surface area contributed by atoms with E-state index in [4.69, 9.17) is 0 Å². The summed E-state index contributed by atoms with van der Waals surface area (Å²) in [6, 6.07) is 22.4. The molecule has 0 N–H and O–H groups in total. The van der Waals surface area contributed by atoms with E-state index in [1.54, 1.807) is 10.4 Å². The number of rotatable bonds is 3. The lowest BCUT2D eigenvalue weighted by Gasteiger charge is -2.44. The maximum absolute atomic E-state index is 4.31. The van der Waals surface area contributed by atoms with Crippen LogP contribution in [0, 0.1) is 0 Å². The molecule has 1 heteroatoms. The molecule has 1 saturated carbocycles. The van der Waals surface area contributed by atoms with Gasteiger partial charge in [0.25, 0.3) is 0 Å². The largest absolute Gasteiger partial charge is 0.130 e. The molecule has 1 aliphatic carbocycles. The smallest absolute Gasteiger partial charge is 0.0998 e. The van der Waals surface area contributed by atoms with E-state index in [0.717, 1.165) is 0 Å². The van der Waals surface area contributed by atoms with Crippen LogP contribution >= 0.6 is 0 Å². The van der Waals surface area contributed by atoms with Crippen LogP contribution in [0.4, 0.5) is 0 Å². The SMILES string of the molecule is C=C1CC1[Si](c1ccccc1)(c1ccccc1)C(C)(C)C. The Morgan fingerprint density at radius 2 is 1.24 bits per heavy atom. The third kappa shape index (κ3) is 2.20. The summed E-state index contributed by atoms with van der Waals surface area (Å²) >= 11 is 0. The summed E-state index contributed by atoms with van der Waals surface area (Å²) in [4.78, 5) is 0. The van der Waals surface area contributed by atoms with Crippen LogP contribution in [-0.2, 0) is 0 Å². The van der Waals surface area contributed by atoms with Gasteiger partial charge in [-0.2, -0.15) is 0 Å². The molecular formula is C20H24Si. The maximum atomic E-state index is 4.31. The van der Waals surface area contributed by atoms with Gasteiger partial charge < -0.3 is 0 Å². The molecule has 1 fully saturated rings. The summed E-state index contributed by atoms with van der Waals surface area (Å²) in [6.07, 6.45) is 1.20. The molecule has 0 spiro atoms. The average Bonchev–Trinajstić information content (AvgIpc) is 3.18. The zero-order valence-corrected chi connectivity index (χ0v) is 14.3. The number of benzene rings is 2. The molecule has 0 bridgehead atoms. The fraction of sp³-hybridized carbons (Fsp3) is 0.300. The first kappa shape index (κ1) is 14.3. The standard InChI is InChI=1S/C20H24Si/c1-16-15-19(16)21(20(2,3)4,17-11-7-5-8-12-17)18-13-9-6-10-14-18/h5-14,19H,1,15H2,2-4H3. The highest BCUT2D eigenvalue weighted by Crippen LogP contribution is 2.57. The van der Waals surface area contributed by atoms with E-state index in [0.29, 0.717) is 5.54 Å². The normalized spacial score (nSPS) is 18.6. The molecule has 1 unspecified atom stereocenters. The summed E-state index contributed by atoms with van der Waals surface area (Å²) in [7, 11) is -1.88. The maximum Gasteiger partial charge on any atom is 0.130 e. The molecule has 0 saturated heterocycles. The van der Waals surface area contributed by atoms with Gasteiger partial charge in [0.1, 0.15) is 8.07 Å². The quantitative estimate of drug-likeness (QED) is 0.582. The molecule has 1 atom stereocenters. The van der Waals surface area contributed by atoms with Crippen LogP contribution in [0.2, 0.25) is 10.6 Å². The molecule has 2 aromatic rings. The lowest BCUT2D eigenvalue weighted by Crippen LogP contribution is -2.64. The van der Waals surface area contributed by atoms with Crippen LogP contribution in [0.15, 0.2) is 72.8 Å². The first-order valence-electron chi connectivity index (χ1n) is 7.76. The lowest BCUT2D eigenvalue weighted by molar-refractivity contribution is 0.725. The minimum Gasteiger partial charge on any atom is -0.0998 e. The summed E-state index contributed by atoms with van der Waals surface area (Å²) in [6.45, 7) is 11.6. The second-order valence-corrected chi connectivity index (χ2v) is 12.2. The second-order valence-electron chi connectivity index (χ2n) is 7.21. The van der Waals surface area contributed by atoms with Crippen molar-refractivity contribution in [2.45, 2.75) is 37.8 Å². The van der Waals surface area contributed by atoms with Crippen molar-refractivity contribution in [3.8, 4) is 0 Å². The Hall–Kier alpha value is -1.60. The summed E-state index contributed by atoms with van der Waals surface area (Å²) in [5.41, 5.74) is 2.13. The number of allylic oxidation sites excluding steroid dienone is 1. The fourth-order valence-electron chi connectivity index (χ4n) is 4.02. The van der Waals surface area contributed by atoms with Crippen molar-refractivity contribution in [3.63, 3.8) is 0 Å². The molecule has 0 aromatic heterocycles. The van der Waals surface area contributed by atoms with E-state index in [1.807, 2.05) is 0 Å². The predicted molar refractivity (Wildman–Crippen MR) is 95.1 cm³/mol. The van der Waals surface area contributed by atoms with Crippen LogP contribution in [0.25, 0.3) is 0 Å². The molecule has 2 aromatic carbocycles. The first-order chi connectivity index (χ1) is 9.98. The van der Waals surface area contributed by atoms with E-state index in [-0.39, 0.29) is 5.04 Å². The lowest BCUT2D eigenvalue weighted by atomic mass is 10.2. The van der Waals surface area contributed by atoms with Gasteiger partial charge in [-0.1, -0.05) is 104 Å². The molecule has 108 valence electrons. The van der Waals surface area contributed by atoms with E-state index in [9.17, 15) is 0 Å². The molecule has 0 amide bonds. The molecule has 0 aliphatic heterocycles. The highest BCUT2D eigenvalue weighted by molar-refractivity contribution is 7.06. The minimum atomic E-state index is -1.88. The van der Waals surface area contributed by atoms with Gasteiger partial charge in [-0.3, -0.25) is 0 Å². The highest BCUT2D eigenvalue weighted by atomic mass is 28.3. The molecule has 0 nitrogen and oxygen atoms in total. The number of hydrogen-bond acceptors (Lipinski definition) is 0. The fourth-order valence-corrected chi connectivity index (χ4v) is 10.6. The van der Waals surface area contributed by atoms with Crippen LogP contribution in [0.1, 0.15) is 27.2 Å². The van der Waals surface area contributed by atoms with Crippen LogP contribution < -0.4 is 10.4 Å². The number of hydrogen-bond donors (Lipinski definition) is 0. The van der Waals surface area contributed by atoms with E-state index < -0.39 is 8.07 Å². The van der Waals surface area contributed by atoms with Gasteiger partial charge in [0, 0.05) is 0 Å². The summed E-state index contributed by atoms with van der Waals surface area (Å²) in [5, 5.41) is 3.36. The minimum absolute atomic E-state index is 0.264. The zero-order valence-electron chi connectivity index (χ0n) is 13.3. The molecule has 0 radical (unpaired) electrons. The third-order valence-electron chi connectivity index (χ3n) is 4.96. The van der Waals surface area contributed by atoms with Gasteiger partial charge in [-0.15, -0.1) is 0 Å². The highest BCUT2D eigenvalue weighted by Gasteiger charge is 2.58. The third-order valence-corrected chi connectivity index (χ3v) is 11.5. The van der Waals surface area contributed by atoms with Crippen LogP contribution in [-0.4, -0.2) is 8.07 Å². The Morgan fingerprint density at radius 3 is 1.52 bits per heavy atom. The molecule has 0 heterocycles. The Labute approximate surface area is 129 Å². The van der Waals surface area contributed by atoms with Gasteiger partial charge in [-0.25, -0.2) is 0 Å². The average molecular weight is 292 g/mol. The van der Waals surface area contributed by atoms with Crippen molar-refractivity contribution >= 4 is 18.4 Å². The monoisotopic (exact) mass is 292 g/mol. The van der Waals surface area contributed by atoms with E-state index in [1.165, 1.54) is 12.0 Å². The summed E-state index contributed by atoms with van der Waals surface area (Å²) in [5.74, 6) is 0. The van der Waals surface area contributed by atoms with Gasteiger partial charge >= 0.3 is 0 Å². The molecular weight excluding hydrogens is 268 g/mol. The Kier molecular flexibility index (Phi) is 3.41. The van der Waals surface area contributed by atoms with Gasteiger partial charge in [0.15, 0.2) is 0 Å². The Balaban J connectivity index is 2.30. The van der Waals surface area contributed by atoms with Gasteiger partial charge in [-0.05, 0) is 17.0 Å². The predicted octanol–water partition coefficient (Wildman–Crippen LogP) is 4.38. The van der Waals surface area contributed by atoms with Gasteiger partial charge in [0.05, 0.1) is 0 Å². The van der Waals surface area contributed by atoms with Crippen molar-refractivity contribution in [1.82, 2.24) is 0 Å². The molecule has 21 heavy (non-hydrogen) atoms. The molecule has 1 aliphatic rings. The van der Waals surface area contributed by atoms with Gasteiger partial charge in [0.2, 0.25) is 0 Å². The second kappa shape index (κ2) is 4.99. The topological polar surface area (TPSA) is 0 Å².